The summed E-state index contributed by atoms with van der Waals surface area (Å²) in [7, 11) is 1.61. The lowest BCUT2D eigenvalue weighted by Gasteiger charge is -2.13. The molecule has 0 aliphatic carbocycles. The predicted octanol–water partition coefficient (Wildman–Crippen LogP) is 3.46. The van der Waals surface area contributed by atoms with E-state index in [0.29, 0.717) is 16.5 Å². The topological polar surface area (TPSA) is 62.4 Å². The summed E-state index contributed by atoms with van der Waals surface area (Å²) in [4.78, 5) is 11.1. The van der Waals surface area contributed by atoms with Crippen LogP contribution in [0.3, 0.4) is 0 Å². The van der Waals surface area contributed by atoms with Crippen LogP contribution in [0.1, 0.15) is 6.92 Å². The smallest absolute Gasteiger partial charge is 0.221 e. The fourth-order valence-corrected chi connectivity index (χ4v) is 2.14. The van der Waals surface area contributed by atoms with Crippen molar-refractivity contribution in [3.8, 4) is 5.75 Å². The molecule has 0 saturated carbocycles. The molecule has 6 heteroatoms. The number of ether oxygens (including phenoxy) is 1. The summed E-state index contributed by atoms with van der Waals surface area (Å²) in [6.07, 6.45) is 0. The summed E-state index contributed by atoms with van der Waals surface area (Å²) in [5.41, 5.74) is 2.26. The minimum atomic E-state index is -0.119. The minimum Gasteiger partial charge on any atom is -0.495 e. The first-order chi connectivity index (χ1) is 10.6. The van der Waals surface area contributed by atoms with Crippen molar-refractivity contribution in [1.82, 2.24) is 0 Å². The molecule has 5 nitrogen and oxygen atoms in total. The molecule has 2 rings (SSSR count). The predicted molar refractivity (Wildman–Crippen MR) is 93.6 cm³/mol. The van der Waals surface area contributed by atoms with Crippen molar-refractivity contribution >= 4 is 40.3 Å². The summed E-state index contributed by atoms with van der Waals surface area (Å²) in [5.74, 6) is 0.588. The third-order valence-corrected chi connectivity index (χ3v) is 3.00. The molecule has 3 N–H and O–H groups in total. The highest BCUT2D eigenvalue weighted by molar-refractivity contribution is 7.80. The van der Waals surface area contributed by atoms with E-state index in [1.807, 2.05) is 42.5 Å². The van der Waals surface area contributed by atoms with Crippen molar-refractivity contribution < 1.29 is 9.53 Å². The van der Waals surface area contributed by atoms with Gasteiger partial charge in [0, 0.05) is 18.3 Å². The van der Waals surface area contributed by atoms with Crippen LogP contribution in [0.15, 0.2) is 48.5 Å². The lowest BCUT2D eigenvalue weighted by atomic mass is 10.2. The molecule has 0 atom stereocenters. The molecule has 0 aromatic heterocycles. The van der Waals surface area contributed by atoms with Crippen molar-refractivity contribution in [2.24, 2.45) is 0 Å². The Bertz CT molecular complexity index is 689. The quantitative estimate of drug-likeness (QED) is 0.754. The molecule has 0 fully saturated rings. The molecule has 0 bridgehead atoms. The highest BCUT2D eigenvalue weighted by atomic mass is 32.1. The second-order valence-corrected chi connectivity index (χ2v) is 4.95. The summed E-state index contributed by atoms with van der Waals surface area (Å²) in [6, 6.07) is 14.8. The highest BCUT2D eigenvalue weighted by Crippen LogP contribution is 2.23. The van der Waals surface area contributed by atoms with E-state index < -0.39 is 0 Å². The van der Waals surface area contributed by atoms with Gasteiger partial charge in [-0.15, -0.1) is 0 Å². The van der Waals surface area contributed by atoms with Crippen LogP contribution in [0, 0.1) is 0 Å². The SMILES string of the molecule is COc1ccccc1NC(=S)Nc1cccc(NC(C)=O)c1. The van der Waals surface area contributed by atoms with Crippen molar-refractivity contribution in [2.45, 2.75) is 6.92 Å². The Morgan fingerprint density at radius 1 is 1.00 bits per heavy atom. The summed E-state index contributed by atoms with van der Waals surface area (Å²) >= 11 is 5.29. The summed E-state index contributed by atoms with van der Waals surface area (Å²) in [6.45, 7) is 1.47. The van der Waals surface area contributed by atoms with E-state index in [-0.39, 0.29) is 5.91 Å². The zero-order chi connectivity index (χ0) is 15.9. The zero-order valence-electron chi connectivity index (χ0n) is 12.3. The van der Waals surface area contributed by atoms with Crippen molar-refractivity contribution in [3.63, 3.8) is 0 Å². The van der Waals surface area contributed by atoms with Gasteiger partial charge in [0.25, 0.3) is 0 Å². The minimum absolute atomic E-state index is 0.119. The van der Waals surface area contributed by atoms with Gasteiger partial charge in [-0.05, 0) is 42.5 Å². The van der Waals surface area contributed by atoms with E-state index in [0.717, 1.165) is 11.4 Å². The standard InChI is InChI=1S/C16H17N3O2S/c1-11(20)17-12-6-5-7-13(10-12)18-16(22)19-14-8-3-4-9-15(14)21-2/h3-10H,1-2H3,(H,17,20)(H2,18,19,22). The van der Waals surface area contributed by atoms with E-state index in [1.165, 1.54) is 6.92 Å². The Labute approximate surface area is 134 Å². The molecule has 1 amide bonds. The van der Waals surface area contributed by atoms with Crippen LogP contribution in [-0.2, 0) is 4.79 Å². The first-order valence-corrected chi connectivity index (χ1v) is 7.08. The molecule has 2 aromatic rings. The fourth-order valence-electron chi connectivity index (χ4n) is 1.91. The molecular formula is C16H17N3O2S. The molecule has 0 saturated heterocycles. The summed E-state index contributed by atoms with van der Waals surface area (Å²) < 4.78 is 5.26. The molecule has 0 aliphatic heterocycles. The van der Waals surface area contributed by atoms with Crippen LogP contribution < -0.4 is 20.7 Å². The Morgan fingerprint density at radius 3 is 2.36 bits per heavy atom. The monoisotopic (exact) mass is 315 g/mol. The van der Waals surface area contributed by atoms with E-state index in [2.05, 4.69) is 16.0 Å². The van der Waals surface area contributed by atoms with Gasteiger partial charge in [-0.3, -0.25) is 4.79 Å². The number of carbonyl (C=O) groups is 1. The molecule has 2 aromatic carbocycles. The number of rotatable bonds is 4. The fraction of sp³-hybridized carbons (Fsp3) is 0.125. The van der Waals surface area contributed by atoms with E-state index in [4.69, 9.17) is 17.0 Å². The molecule has 114 valence electrons. The van der Waals surface area contributed by atoms with E-state index >= 15 is 0 Å². The van der Waals surface area contributed by atoms with Gasteiger partial charge in [-0.1, -0.05) is 18.2 Å². The Balaban J connectivity index is 2.04. The van der Waals surface area contributed by atoms with Gasteiger partial charge in [-0.25, -0.2) is 0 Å². The lowest BCUT2D eigenvalue weighted by Crippen LogP contribution is -2.19. The lowest BCUT2D eigenvalue weighted by molar-refractivity contribution is -0.114. The van der Waals surface area contributed by atoms with Gasteiger partial charge in [0.1, 0.15) is 5.75 Å². The summed E-state index contributed by atoms with van der Waals surface area (Å²) in [5, 5.41) is 9.31. The number of amides is 1. The van der Waals surface area contributed by atoms with E-state index in [1.54, 1.807) is 13.2 Å². The van der Waals surface area contributed by atoms with Crippen molar-refractivity contribution in [3.05, 3.63) is 48.5 Å². The van der Waals surface area contributed by atoms with Crippen LogP contribution in [-0.4, -0.2) is 18.1 Å². The number of methoxy groups -OCH3 is 1. The Morgan fingerprint density at radius 2 is 1.68 bits per heavy atom. The Hall–Kier alpha value is -2.60. The normalized spacial score (nSPS) is 9.73. The van der Waals surface area contributed by atoms with Gasteiger partial charge in [0.15, 0.2) is 5.11 Å². The molecule has 0 unspecified atom stereocenters. The maximum atomic E-state index is 11.1. The molecule has 0 aliphatic rings. The maximum absolute atomic E-state index is 11.1. The van der Waals surface area contributed by atoms with Gasteiger partial charge in [0.2, 0.25) is 5.91 Å². The van der Waals surface area contributed by atoms with Crippen LogP contribution >= 0.6 is 12.2 Å². The number of para-hydroxylation sites is 2. The third kappa shape index (κ3) is 4.46. The van der Waals surface area contributed by atoms with Crippen LogP contribution in [0.25, 0.3) is 0 Å². The van der Waals surface area contributed by atoms with Crippen LogP contribution in [0.5, 0.6) is 5.75 Å². The maximum Gasteiger partial charge on any atom is 0.221 e. The second kappa shape index (κ2) is 7.42. The number of benzene rings is 2. The second-order valence-electron chi connectivity index (χ2n) is 4.54. The molecule has 22 heavy (non-hydrogen) atoms. The number of nitrogens with one attached hydrogen (secondary N) is 3. The van der Waals surface area contributed by atoms with Gasteiger partial charge in [0.05, 0.1) is 12.8 Å². The van der Waals surface area contributed by atoms with Crippen LogP contribution in [0.4, 0.5) is 17.1 Å². The Kier molecular flexibility index (Phi) is 5.32. The van der Waals surface area contributed by atoms with Gasteiger partial charge in [-0.2, -0.15) is 0 Å². The number of hydrogen-bond acceptors (Lipinski definition) is 3. The molecule has 0 spiro atoms. The van der Waals surface area contributed by atoms with Gasteiger partial charge >= 0.3 is 0 Å². The average molecular weight is 315 g/mol. The number of thiocarbonyl (C=S) groups is 1. The molecule has 0 heterocycles. The third-order valence-electron chi connectivity index (χ3n) is 2.80. The van der Waals surface area contributed by atoms with Crippen molar-refractivity contribution in [1.29, 1.82) is 0 Å². The van der Waals surface area contributed by atoms with Crippen molar-refractivity contribution in [2.75, 3.05) is 23.1 Å². The highest BCUT2D eigenvalue weighted by Gasteiger charge is 2.04. The number of carbonyl (C=O) groups excluding carboxylic acids is 1. The molecule has 0 radical (unpaired) electrons. The first-order valence-electron chi connectivity index (χ1n) is 6.67. The van der Waals surface area contributed by atoms with Crippen LogP contribution in [0.2, 0.25) is 0 Å². The van der Waals surface area contributed by atoms with Gasteiger partial charge < -0.3 is 20.7 Å². The zero-order valence-corrected chi connectivity index (χ0v) is 13.2. The largest absolute Gasteiger partial charge is 0.495 e. The first kappa shape index (κ1) is 15.8. The molecular weight excluding hydrogens is 298 g/mol. The average Bonchev–Trinajstić information content (AvgIpc) is 2.47. The van der Waals surface area contributed by atoms with E-state index in [9.17, 15) is 4.79 Å². The number of hydrogen-bond donors (Lipinski definition) is 3. The number of anilines is 3.